The number of piperidine rings is 1. The van der Waals surface area contributed by atoms with E-state index in [1.54, 1.807) is 0 Å². The number of amides is 1. The predicted octanol–water partition coefficient (Wildman–Crippen LogP) is 5.71. The molecule has 3 heterocycles. The van der Waals surface area contributed by atoms with Crippen LogP contribution in [0.2, 0.25) is 5.02 Å². The van der Waals surface area contributed by atoms with E-state index in [0.717, 1.165) is 62.4 Å². The summed E-state index contributed by atoms with van der Waals surface area (Å²) in [5, 5.41) is 14.2. The monoisotopic (exact) mass is 459 g/mol. The number of aromatic amines is 1. The number of aryl methyl sites for hydroxylation is 1. The Kier molecular flexibility index (Phi) is 5.54. The first-order valence-corrected chi connectivity index (χ1v) is 11.6. The Morgan fingerprint density at radius 3 is 2.61 bits per heavy atom. The van der Waals surface area contributed by atoms with Gasteiger partial charge in [0, 0.05) is 40.9 Å². The zero-order valence-electron chi connectivity index (χ0n) is 18.8. The van der Waals surface area contributed by atoms with Crippen molar-refractivity contribution in [3.8, 4) is 22.4 Å². The number of fused-ring (bicyclic) bond motifs is 1. The molecule has 1 aliphatic rings. The highest BCUT2D eigenvalue weighted by atomic mass is 35.5. The molecular weight excluding hydrogens is 434 g/mol. The highest BCUT2D eigenvalue weighted by Gasteiger charge is 2.29. The molecule has 4 aromatic rings. The molecule has 2 aromatic carbocycles. The summed E-state index contributed by atoms with van der Waals surface area (Å²) >= 11 is 6.93. The Hall–Kier alpha value is -3.38. The molecule has 0 saturated carbocycles. The largest absolute Gasteiger partial charge is 0.339 e. The van der Waals surface area contributed by atoms with Crippen molar-refractivity contribution in [1.29, 1.82) is 0 Å². The van der Waals surface area contributed by atoms with Gasteiger partial charge in [-0.15, -0.1) is 0 Å². The highest BCUT2D eigenvalue weighted by molar-refractivity contribution is 6.36. The Morgan fingerprint density at radius 2 is 1.91 bits per heavy atom. The minimum Gasteiger partial charge on any atom is -0.339 e. The first kappa shape index (κ1) is 21.5. The van der Waals surface area contributed by atoms with E-state index in [4.69, 9.17) is 16.7 Å². The zero-order chi connectivity index (χ0) is 23.1. The molecule has 6 nitrogen and oxygen atoms in total. The standard InChI is InChI=1S/C26H26ClN5O/c1-4-22(33)31-12-10-19(11-13-31)32-17(3)23(26(30-32)18-8-6-5-7-9-18)24-20-15-28-29-21(20)14-16(2)25(24)27/h4-9,14-15,19H,1,10-13H2,2-3H3,(H,28,29). The molecule has 168 valence electrons. The van der Waals surface area contributed by atoms with Gasteiger partial charge in [0.25, 0.3) is 0 Å². The Bertz CT molecular complexity index is 1350. The summed E-state index contributed by atoms with van der Waals surface area (Å²) in [4.78, 5) is 13.9. The zero-order valence-corrected chi connectivity index (χ0v) is 19.6. The Balaban J connectivity index is 1.67. The van der Waals surface area contributed by atoms with Crippen LogP contribution in [0.5, 0.6) is 0 Å². The van der Waals surface area contributed by atoms with Gasteiger partial charge in [-0.25, -0.2) is 0 Å². The third-order valence-corrected chi connectivity index (χ3v) is 7.10. The molecule has 2 aromatic heterocycles. The van der Waals surface area contributed by atoms with Crippen LogP contribution in [0.25, 0.3) is 33.3 Å². The van der Waals surface area contributed by atoms with E-state index in [-0.39, 0.29) is 11.9 Å². The first-order chi connectivity index (χ1) is 16.0. The topological polar surface area (TPSA) is 66.8 Å². The van der Waals surface area contributed by atoms with Crippen LogP contribution < -0.4 is 0 Å². The second kappa shape index (κ2) is 8.52. The molecule has 7 heteroatoms. The number of nitrogens with zero attached hydrogens (tertiary/aromatic N) is 4. The van der Waals surface area contributed by atoms with Crippen LogP contribution in [0.15, 0.2) is 55.3 Å². The maximum atomic E-state index is 12.0. The summed E-state index contributed by atoms with van der Waals surface area (Å²) in [7, 11) is 0. The molecule has 5 rings (SSSR count). The Morgan fingerprint density at radius 1 is 1.18 bits per heavy atom. The third kappa shape index (κ3) is 3.64. The summed E-state index contributed by atoms with van der Waals surface area (Å²) in [6, 6.07) is 12.5. The molecule has 1 amide bonds. The molecule has 1 aliphatic heterocycles. The number of benzene rings is 2. The van der Waals surface area contributed by atoms with Gasteiger partial charge in [-0.2, -0.15) is 10.2 Å². The highest BCUT2D eigenvalue weighted by Crippen LogP contribution is 2.44. The van der Waals surface area contributed by atoms with Gasteiger partial charge in [0.2, 0.25) is 5.91 Å². The number of likely N-dealkylation sites (tertiary alicyclic amines) is 1. The van der Waals surface area contributed by atoms with Gasteiger partial charge >= 0.3 is 0 Å². The first-order valence-electron chi connectivity index (χ1n) is 11.2. The molecular formula is C26H26ClN5O. The van der Waals surface area contributed by atoms with Crippen molar-refractivity contribution in [2.24, 2.45) is 0 Å². The van der Waals surface area contributed by atoms with Crippen molar-refractivity contribution < 1.29 is 4.79 Å². The lowest BCUT2D eigenvalue weighted by atomic mass is 9.94. The van der Waals surface area contributed by atoms with E-state index in [2.05, 4.69) is 40.5 Å². The van der Waals surface area contributed by atoms with Crippen molar-refractivity contribution in [3.05, 3.63) is 71.5 Å². The molecule has 1 saturated heterocycles. The fourth-order valence-corrected chi connectivity index (χ4v) is 5.13. The molecule has 0 atom stereocenters. The van der Waals surface area contributed by atoms with E-state index in [1.165, 1.54) is 6.08 Å². The molecule has 0 unspecified atom stereocenters. The van der Waals surface area contributed by atoms with E-state index in [9.17, 15) is 4.79 Å². The lowest BCUT2D eigenvalue weighted by Crippen LogP contribution is -2.38. The minimum absolute atomic E-state index is 0.00908. The molecule has 0 spiro atoms. The fraction of sp³-hybridized carbons (Fsp3) is 0.269. The van der Waals surface area contributed by atoms with Crippen LogP contribution in [0.1, 0.15) is 30.1 Å². The SMILES string of the molecule is C=CC(=O)N1CCC(n2nc(-c3ccccc3)c(-c3c(Cl)c(C)cc4[nH]ncc34)c2C)CC1. The van der Waals surface area contributed by atoms with Crippen LogP contribution in [-0.4, -0.2) is 43.9 Å². The summed E-state index contributed by atoms with van der Waals surface area (Å²) < 4.78 is 2.14. The van der Waals surface area contributed by atoms with Crippen molar-refractivity contribution >= 4 is 28.4 Å². The number of nitrogens with one attached hydrogen (secondary N) is 1. The molecule has 1 N–H and O–H groups in total. The molecule has 0 bridgehead atoms. The van der Waals surface area contributed by atoms with E-state index >= 15 is 0 Å². The van der Waals surface area contributed by atoms with Crippen molar-refractivity contribution in [2.75, 3.05) is 13.1 Å². The average Bonchev–Trinajstić information content (AvgIpc) is 3.44. The number of carbonyl (C=O) groups excluding carboxylic acids is 1. The maximum Gasteiger partial charge on any atom is 0.245 e. The van der Waals surface area contributed by atoms with Gasteiger partial charge in [0.15, 0.2) is 0 Å². The lowest BCUT2D eigenvalue weighted by Gasteiger charge is -2.32. The van der Waals surface area contributed by atoms with Gasteiger partial charge in [-0.3, -0.25) is 14.6 Å². The fourth-order valence-electron chi connectivity index (χ4n) is 4.88. The summed E-state index contributed by atoms with van der Waals surface area (Å²) in [6.07, 6.45) is 4.92. The van der Waals surface area contributed by atoms with Crippen LogP contribution >= 0.6 is 11.6 Å². The van der Waals surface area contributed by atoms with Gasteiger partial charge in [0.05, 0.1) is 22.8 Å². The summed E-state index contributed by atoms with van der Waals surface area (Å²) in [5.41, 5.74) is 6.96. The van der Waals surface area contributed by atoms with Crippen LogP contribution in [0.3, 0.4) is 0 Å². The van der Waals surface area contributed by atoms with Gasteiger partial charge in [-0.1, -0.05) is 48.5 Å². The van der Waals surface area contributed by atoms with Gasteiger partial charge < -0.3 is 4.90 Å². The van der Waals surface area contributed by atoms with Gasteiger partial charge in [0.1, 0.15) is 5.69 Å². The third-order valence-electron chi connectivity index (χ3n) is 6.61. The summed E-state index contributed by atoms with van der Waals surface area (Å²) in [6.45, 7) is 9.13. The molecule has 1 fully saturated rings. The maximum absolute atomic E-state index is 12.0. The molecule has 0 aliphatic carbocycles. The number of hydrogen-bond donors (Lipinski definition) is 1. The van der Waals surface area contributed by atoms with E-state index in [1.807, 2.05) is 42.3 Å². The van der Waals surface area contributed by atoms with Crippen molar-refractivity contribution in [1.82, 2.24) is 24.9 Å². The average molecular weight is 460 g/mol. The number of halogens is 1. The number of H-pyrrole nitrogens is 1. The Labute approximate surface area is 197 Å². The normalized spacial score (nSPS) is 14.7. The lowest BCUT2D eigenvalue weighted by molar-refractivity contribution is -0.127. The smallest absolute Gasteiger partial charge is 0.245 e. The van der Waals surface area contributed by atoms with Crippen LogP contribution in [-0.2, 0) is 4.79 Å². The van der Waals surface area contributed by atoms with Crippen LogP contribution in [0.4, 0.5) is 0 Å². The minimum atomic E-state index is -0.00908. The van der Waals surface area contributed by atoms with E-state index < -0.39 is 0 Å². The molecule has 33 heavy (non-hydrogen) atoms. The molecule has 0 radical (unpaired) electrons. The number of rotatable bonds is 4. The number of aromatic nitrogens is 4. The quantitative estimate of drug-likeness (QED) is 0.397. The number of carbonyl (C=O) groups is 1. The van der Waals surface area contributed by atoms with Crippen LogP contribution in [0, 0.1) is 13.8 Å². The van der Waals surface area contributed by atoms with E-state index in [0.29, 0.717) is 13.1 Å². The second-order valence-electron chi connectivity index (χ2n) is 8.59. The van der Waals surface area contributed by atoms with Crippen molar-refractivity contribution in [2.45, 2.75) is 32.7 Å². The number of hydrogen-bond acceptors (Lipinski definition) is 3. The second-order valence-corrected chi connectivity index (χ2v) is 8.97. The van der Waals surface area contributed by atoms with Crippen molar-refractivity contribution in [3.63, 3.8) is 0 Å². The predicted molar refractivity (Wildman–Crippen MR) is 132 cm³/mol. The van der Waals surface area contributed by atoms with Gasteiger partial charge in [-0.05, 0) is 44.4 Å². The summed E-state index contributed by atoms with van der Waals surface area (Å²) in [5.74, 6) is -0.00908.